The van der Waals surface area contributed by atoms with E-state index < -0.39 is 0 Å². The van der Waals surface area contributed by atoms with Gasteiger partial charge in [-0.2, -0.15) is 5.10 Å². The first-order chi connectivity index (χ1) is 6.43. The van der Waals surface area contributed by atoms with E-state index >= 15 is 0 Å². The molecule has 0 unspecified atom stereocenters. The van der Waals surface area contributed by atoms with Gasteiger partial charge in [0.05, 0.1) is 16.3 Å². The molecule has 4 heteroatoms. The summed E-state index contributed by atoms with van der Waals surface area (Å²) in [6, 6.07) is 2.03. The van der Waals surface area contributed by atoms with Gasteiger partial charge in [0.15, 0.2) is 0 Å². The van der Waals surface area contributed by atoms with Crippen LogP contribution >= 0.6 is 11.3 Å². The lowest BCUT2D eigenvalue weighted by atomic mass is 10.4. The summed E-state index contributed by atoms with van der Waals surface area (Å²) in [4.78, 5) is 0. The van der Waals surface area contributed by atoms with Gasteiger partial charge in [-0.25, -0.2) is 0 Å². The molecule has 0 atom stereocenters. The molecule has 2 heterocycles. The average Bonchev–Trinajstić information content (AvgIpc) is 2.83. The molecule has 3 rings (SSSR count). The summed E-state index contributed by atoms with van der Waals surface area (Å²) in [6.07, 6.45) is 4.48. The molecule has 3 nitrogen and oxygen atoms in total. The molecular weight excluding hydrogens is 184 g/mol. The van der Waals surface area contributed by atoms with Crippen LogP contribution in [0.3, 0.4) is 0 Å². The first-order valence-corrected chi connectivity index (χ1v) is 5.17. The molecule has 1 aliphatic rings. The third-order valence-corrected chi connectivity index (χ3v) is 2.90. The van der Waals surface area contributed by atoms with Gasteiger partial charge in [-0.15, -0.1) is 16.4 Å². The van der Waals surface area contributed by atoms with Crippen molar-refractivity contribution in [2.75, 3.05) is 0 Å². The van der Waals surface area contributed by atoms with Gasteiger partial charge < -0.3 is 4.74 Å². The molecule has 1 aliphatic carbocycles. The largest absolute Gasteiger partial charge is 0.473 e. The molecule has 13 heavy (non-hydrogen) atoms. The SMILES string of the molecule is c1cc2c(OC3CC3)nncc2s1. The van der Waals surface area contributed by atoms with Gasteiger partial charge in [0, 0.05) is 0 Å². The fourth-order valence-corrected chi connectivity index (χ4v) is 1.96. The highest BCUT2D eigenvalue weighted by Gasteiger charge is 2.25. The fourth-order valence-electron chi connectivity index (χ4n) is 1.22. The summed E-state index contributed by atoms with van der Waals surface area (Å²) in [5.41, 5.74) is 0. The number of hydrogen-bond acceptors (Lipinski definition) is 4. The van der Waals surface area contributed by atoms with E-state index in [0.717, 1.165) is 22.9 Å². The summed E-state index contributed by atoms with van der Waals surface area (Å²) in [6.45, 7) is 0. The highest BCUT2D eigenvalue weighted by molar-refractivity contribution is 7.17. The van der Waals surface area contributed by atoms with Crippen LogP contribution in [-0.2, 0) is 0 Å². The zero-order valence-electron chi connectivity index (χ0n) is 6.93. The Morgan fingerprint density at radius 2 is 2.38 bits per heavy atom. The molecule has 0 aliphatic heterocycles. The van der Waals surface area contributed by atoms with Gasteiger partial charge in [-0.05, 0) is 24.3 Å². The van der Waals surface area contributed by atoms with Crippen LogP contribution in [0.4, 0.5) is 0 Å². The molecule has 0 aromatic carbocycles. The van der Waals surface area contributed by atoms with Gasteiger partial charge in [0.2, 0.25) is 5.88 Å². The van der Waals surface area contributed by atoms with Crippen molar-refractivity contribution in [3.8, 4) is 5.88 Å². The molecular formula is C9H8N2OS. The number of ether oxygens (including phenoxy) is 1. The van der Waals surface area contributed by atoms with Crippen molar-refractivity contribution in [2.24, 2.45) is 0 Å². The van der Waals surface area contributed by atoms with Crippen molar-refractivity contribution in [3.63, 3.8) is 0 Å². The van der Waals surface area contributed by atoms with E-state index in [9.17, 15) is 0 Å². The highest BCUT2D eigenvalue weighted by atomic mass is 32.1. The van der Waals surface area contributed by atoms with Crippen LogP contribution in [0.15, 0.2) is 17.6 Å². The first kappa shape index (κ1) is 7.26. The van der Waals surface area contributed by atoms with E-state index in [0.29, 0.717) is 12.0 Å². The van der Waals surface area contributed by atoms with E-state index in [2.05, 4.69) is 10.2 Å². The monoisotopic (exact) mass is 192 g/mol. The molecule has 0 spiro atoms. The summed E-state index contributed by atoms with van der Waals surface area (Å²) >= 11 is 1.67. The quantitative estimate of drug-likeness (QED) is 0.731. The minimum Gasteiger partial charge on any atom is -0.473 e. The second kappa shape index (κ2) is 2.67. The van der Waals surface area contributed by atoms with Crippen LogP contribution in [0, 0.1) is 0 Å². The average molecular weight is 192 g/mol. The summed E-state index contributed by atoms with van der Waals surface area (Å²) in [5.74, 6) is 0.696. The predicted octanol–water partition coefficient (Wildman–Crippen LogP) is 2.23. The van der Waals surface area contributed by atoms with Gasteiger partial charge in [-0.3, -0.25) is 0 Å². The number of rotatable bonds is 2. The Morgan fingerprint density at radius 3 is 3.23 bits per heavy atom. The lowest BCUT2D eigenvalue weighted by molar-refractivity contribution is 0.292. The van der Waals surface area contributed by atoms with Crippen molar-refractivity contribution < 1.29 is 4.74 Å². The molecule has 0 radical (unpaired) electrons. The van der Waals surface area contributed by atoms with Crippen LogP contribution in [0.25, 0.3) is 10.1 Å². The zero-order valence-corrected chi connectivity index (χ0v) is 7.75. The van der Waals surface area contributed by atoms with Crippen molar-refractivity contribution in [2.45, 2.75) is 18.9 Å². The molecule has 1 fully saturated rings. The number of nitrogens with zero attached hydrogens (tertiary/aromatic N) is 2. The Kier molecular flexibility index (Phi) is 1.49. The van der Waals surface area contributed by atoms with E-state index in [-0.39, 0.29) is 0 Å². The smallest absolute Gasteiger partial charge is 0.242 e. The maximum Gasteiger partial charge on any atom is 0.242 e. The number of hydrogen-bond donors (Lipinski definition) is 0. The Morgan fingerprint density at radius 1 is 1.46 bits per heavy atom. The normalized spacial score (nSPS) is 16.3. The topological polar surface area (TPSA) is 35.0 Å². The van der Waals surface area contributed by atoms with Gasteiger partial charge in [-0.1, -0.05) is 0 Å². The van der Waals surface area contributed by atoms with E-state index in [1.807, 2.05) is 11.4 Å². The predicted molar refractivity (Wildman–Crippen MR) is 51.1 cm³/mol. The Bertz CT molecular complexity index is 436. The highest BCUT2D eigenvalue weighted by Crippen LogP contribution is 2.31. The fraction of sp³-hybridized carbons (Fsp3) is 0.333. The Hall–Kier alpha value is -1.16. The second-order valence-corrected chi connectivity index (χ2v) is 4.11. The lowest BCUT2D eigenvalue weighted by Crippen LogP contribution is -1.99. The van der Waals surface area contributed by atoms with Crippen LogP contribution in [0.1, 0.15) is 12.8 Å². The molecule has 0 amide bonds. The van der Waals surface area contributed by atoms with Gasteiger partial charge in [0.1, 0.15) is 6.10 Å². The number of thiophene rings is 1. The van der Waals surface area contributed by atoms with Crippen molar-refractivity contribution in [3.05, 3.63) is 17.6 Å². The second-order valence-electron chi connectivity index (χ2n) is 3.17. The number of fused-ring (bicyclic) bond motifs is 1. The van der Waals surface area contributed by atoms with Gasteiger partial charge in [0.25, 0.3) is 0 Å². The maximum atomic E-state index is 5.63. The van der Waals surface area contributed by atoms with Crippen molar-refractivity contribution in [1.82, 2.24) is 10.2 Å². The van der Waals surface area contributed by atoms with Crippen molar-refractivity contribution >= 4 is 21.4 Å². The van der Waals surface area contributed by atoms with E-state index in [1.165, 1.54) is 0 Å². The first-order valence-electron chi connectivity index (χ1n) is 4.29. The third kappa shape index (κ3) is 1.27. The molecule has 1 saturated carbocycles. The van der Waals surface area contributed by atoms with E-state index in [4.69, 9.17) is 4.74 Å². The lowest BCUT2D eigenvalue weighted by Gasteiger charge is -2.01. The maximum absolute atomic E-state index is 5.63. The number of aromatic nitrogens is 2. The Labute approximate surface area is 79.4 Å². The van der Waals surface area contributed by atoms with Crippen molar-refractivity contribution in [1.29, 1.82) is 0 Å². The summed E-state index contributed by atoms with van der Waals surface area (Å²) in [7, 11) is 0. The molecule has 2 aromatic heterocycles. The van der Waals surface area contributed by atoms with Crippen LogP contribution < -0.4 is 4.74 Å². The standard InChI is InChI=1S/C9H8N2OS/c1-2-6(1)12-9-7-3-4-13-8(7)5-10-11-9/h3-6H,1-2H2. The zero-order chi connectivity index (χ0) is 8.67. The Balaban J connectivity index is 2.09. The molecule has 2 aromatic rings. The third-order valence-electron chi connectivity index (χ3n) is 2.05. The molecule has 0 saturated heterocycles. The van der Waals surface area contributed by atoms with Crippen LogP contribution in [0.5, 0.6) is 5.88 Å². The minimum absolute atomic E-state index is 0.389. The molecule has 0 N–H and O–H groups in total. The minimum atomic E-state index is 0.389. The van der Waals surface area contributed by atoms with E-state index in [1.54, 1.807) is 17.5 Å². The van der Waals surface area contributed by atoms with Crippen LogP contribution in [0.2, 0.25) is 0 Å². The summed E-state index contributed by atoms with van der Waals surface area (Å²) < 4.78 is 6.77. The molecule has 66 valence electrons. The van der Waals surface area contributed by atoms with Gasteiger partial charge >= 0.3 is 0 Å². The molecule has 0 bridgehead atoms. The summed E-state index contributed by atoms with van der Waals surface area (Å²) in [5, 5.41) is 11.0. The van der Waals surface area contributed by atoms with Crippen LogP contribution in [-0.4, -0.2) is 16.3 Å².